The van der Waals surface area contributed by atoms with Crippen molar-refractivity contribution in [2.45, 2.75) is 20.8 Å². The number of hydrogen-bond donors (Lipinski definition) is 0. The number of esters is 1. The van der Waals surface area contributed by atoms with Gasteiger partial charge < -0.3 is 9.47 Å². The average molecular weight is 314 g/mol. The Hall–Kier alpha value is -2.89. The van der Waals surface area contributed by atoms with Crippen LogP contribution in [0.3, 0.4) is 0 Å². The highest BCUT2D eigenvalue weighted by atomic mass is 16.6. The van der Waals surface area contributed by atoms with Gasteiger partial charge in [0, 0.05) is 18.7 Å². The summed E-state index contributed by atoms with van der Waals surface area (Å²) in [5, 5.41) is 4.20. The van der Waals surface area contributed by atoms with Crippen molar-refractivity contribution in [3.63, 3.8) is 0 Å². The Bertz CT molecular complexity index is 822. The van der Waals surface area contributed by atoms with Crippen LogP contribution in [0.25, 0.3) is 0 Å². The van der Waals surface area contributed by atoms with Crippen LogP contribution in [0.5, 0.6) is 11.5 Å². The number of rotatable bonds is 4. The molecule has 0 spiro atoms. The summed E-state index contributed by atoms with van der Waals surface area (Å²) in [6, 6.07) is 8.42. The van der Waals surface area contributed by atoms with Gasteiger partial charge in [0.1, 0.15) is 0 Å². The average Bonchev–Trinajstić information content (AvgIpc) is 2.46. The van der Waals surface area contributed by atoms with Gasteiger partial charge in [-0.1, -0.05) is 0 Å². The predicted molar refractivity (Wildman–Crippen MR) is 87.5 cm³/mol. The molecule has 120 valence electrons. The van der Waals surface area contributed by atoms with Crippen molar-refractivity contribution < 1.29 is 14.3 Å². The van der Waals surface area contributed by atoms with E-state index in [0.717, 1.165) is 11.3 Å². The van der Waals surface area contributed by atoms with E-state index in [4.69, 9.17) is 9.47 Å². The summed E-state index contributed by atoms with van der Waals surface area (Å²) in [7, 11) is 1.48. The molecule has 0 aliphatic heterocycles. The molecule has 2 aromatic rings. The van der Waals surface area contributed by atoms with Crippen molar-refractivity contribution in [1.82, 2.24) is 4.68 Å². The lowest BCUT2D eigenvalue weighted by Crippen LogP contribution is -2.18. The molecule has 0 saturated heterocycles. The Morgan fingerprint density at radius 1 is 1.17 bits per heavy atom. The fraction of sp³-hybridized carbons (Fsp3) is 0.235. The van der Waals surface area contributed by atoms with E-state index >= 15 is 0 Å². The van der Waals surface area contributed by atoms with E-state index in [9.17, 15) is 9.59 Å². The maximum atomic E-state index is 11.9. The second kappa shape index (κ2) is 6.91. The van der Waals surface area contributed by atoms with Crippen molar-refractivity contribution >= 4 is 12.2 Å². The van der Waals surface area contributed by atoms with Gasteiger partial charge in [-0.3, -0.25) is 9.59 Å². The van der Waals surface area contributed by atoms with Gasteiger partial charge in [0.25, 0.3) is 5.56 Å². The summed E-state index contributed by atoms with van der Waals surface area (Å²) < 4.78 is 11.6. The van der Waals surface area contributed by atoms with Crippen LogP contribution in [0.15, 0.2) is 40.2 Å². The van der Waals surface area contributed by atoms with Crippen LogP contribution in [0.1, 0.15) is 23.7 Å². The first kappa shape index (κ1) is 16.5. The number of pyridine rings is 1. The molecular weight excluding hydrogens is 296 g/mol. The molecule has 0 amide bonds. The molecule has 6 nitrogen and oxygen atoms in total. The number of carbonyl (C=O) groups is 1. The third-order valence-electron chi connectivity index (χ3n) is 3.09. The van der Waals surface area contributed by atoms with Gasteiger partial charge in [-0.15, -0.1) is 0 Å². The highest BCUT2D eigenvalue weighted by Gasteiger charge is 2.07. The SMILES string of the molecule is COc1cc(C=Nn2c(C)cc(C)cc2=O)ccc1OC(C)=O. The van der Waals surface area contributed by atoms with Crippen molar-refractivity contribution in [1.29, 1.82) is 0 Å². The topological polar surface area (TPSA) is 69.9 Å². The molecule has 0 bridgehead atoms. The Morgan fingerprint density at radius 3 is 2.52 bits per heavy atom. The van der Waals surface area contributed by atoms with Gasteiger partial charge in [-0.2, -0.15) is 5.10 Å². The highest BCUT2D eigenvalue weighted by Crippen LogP contribution is 2.27. The third-order valence-corrected chi connectivity index (χ3v) is 3.09. The van der Waals surface area contributed by atoms with Crippen molar-refractivity contribution in [2.24, 2.45) is 5.10 Å². The molecule has 0 aliphatic carbocycles. The number of benzene rings is 1. The zero-order valence-electron chi connectivity index (χ0n) is 13.5. The summed E-state index contributed by atoms with van der Waals surface area (Å²) >= 11 is 0. The predicted octanol–water partition coefficient (Wildman–Crippen LogP) is 2.28. The number of ether oxygens (including phenoxy) is 2. The van der Waals surface area contributed by atoms with Crippen LogP contribution in [-0.4, -0.2) is 24.0 Å². The van der Waals surface area contributed by atoms with E-state index < -0.39 is 5.97 Å². The van der Waals surface area contributed by atoms with E-state index in [0.29, 0.717) is 17.1 Å². The first-order valence-electron chi connectivity index (χ1n) is 7.02. The first-order chi connectivity index (χ1) is 10.9. The highest BCUT2D eigenvalue weighted by molar-refractivity contribution is 5.81. The smallest absolute Gasteiger partial charge is 0.308 e. The van der Waals surface area contributed by atoms with Gasteiger partial charge in [-0.05, 0) is 49.2 Å². The van der Waals surface area contributed by atoms with Crippen LogP contribution in [-0.2, 0) is 4.79 Å². The number of nitrogens with zero attached hydrogens (tertiary/aromatic N) is 2. The fourth-order valence-electron chi connectivity index (χ4n) is 2.14. The van der Waals surface area contributed by atoms with Crippen LogP contribution in [0.4, 0.5) is 0 Å². The quantitative estimate of drug-likeness (QED) is 0.493. The lowest BCUT2D eigenvalue weighted by molar-refractivity contribution is -0.132. The van der Waals surface area contributed by atoms with E-state index in [1.807, 2.05) is 19.9 Å². The van der Waals surface area contributed by atoms with Crippen molar-refractivity contribution in [2.75, 3.05) is 7.11 Å². The molecule has 2 rings (SSSR count). The Balaban J connectivity index is 2.34. The van der Waals surface area contributed by atoms with Crippen LogP contribution < -0.4 is 15.0 Å². The lowest BCUT2D eigenvalue weighted by atomic mass is 10.2. The number of hydrogen-bond acceptors (Lipinski definition) is 5. The molecule has 0 fully saturated rings. The normalized spacial score (nSPS) is 10.8. The Morgan fingerprint density at radius 2 is 1.91 bits per heavy atom. The van der Waals surface area contributed by atoms with Gasteiger partial charge in [0.05, 0.1) is 13.3 Å². The Labute approximate surface area is 134 Å². The van der Waals surface area contributed by atoms with Crippen LogP contribution >= 0.6 is 0 Å². The minimum atomic E-state index is -0.424. The minimum Gasteiger partial charge on any atom is -0.493 e. The number of aryl methyl sites for hydroxylation is 2. The Kier molecular flexibility index (Phi) is 4.95. The third kappa shape index (κ3) is 4.06. The van der Waals surface area contributed by atoms with E-state index in [2.05, 4.69) is 5.10 Å². The van der Waals surface area contributed by atoms with E-state index in [1.165, 1.54) is 24.8 Å². The molecule has 0 N–H and O–H groups in total. The maximum absolute atomic E-state index is 11.9. The molecule has 1 heterocycles. The zero-order valence-corrected chi connectivity index (χ0v) is 13.5. The molecule has 0 aliphatic rings. The van der Waals surface area contributed by atoms with Gasteiger partial charge in [-0.25, -0.2) is 4.68 Å². The lowest BCUT2D eigenvalue weighted by Gasteiger charge is -2.08. The first-order valence-corrected chi connectivity index (χ1v) is 7.02. The van der Waals surface area contributed by atoms with Crippen LogP contribution in [0, 0.1) is 13.8 Å². The molecule has 1 aromatic heterocycles. The summed E-state index contributed by atoms with van der Waals surface area (Å²) in [5.41, 5.74) is 2.16. The van der Waals surface area contributed by atoms with Crippen molar-refractivity contribution in [3.8, 4) is 11.5 Å². The summed E-state index contributed by atoms with van der Waals surface area (Å²) in [5.74, 6) is 0.324. The standard InChI is InChI=1S/C17H18N2O4/c1-11-7-12(2)19(17(21)8-11)18-10-14-5-6-15(23-13(3)20)16(9-14)22-4/h5-10H,1-4H3. The summed E-state index contributed by atoms with van der Waals surface area (Å²) in [6.07, 6.45) is 1.55. The van der Waals surface area contributed by atoms with E-state index in [-0.39, 0.29) is 5.56 Å². The summed E-state index contributed by atoms with van der Waals surface area (Å²) in [4.78, 5) is 23.0. The van der Waals surface area contributed by atoms with Crippen LogP contribution in [0.2, 0.25) is 0 Å². The maximum Gasteiger partial charge on any atom is 0.308 e. The monoisotopic (exact) mass is 314 g/mol. The second-order valence-electron chi connectivity index (χ2n) is 5.07. The summed E-state index contributed by atoms with van der Waals surface area (Å²) in [6.45, 7) is 5.00. The van der Waals surface area contributed by atoms with Gasteiger partial charge in [0.2, 0.25) is 0 Å². The number of methoxy groups -OCH3 is 1. The van der Waals surface area contributed by atoms with Crippen molar-refractivity contribution in [3.05, 3.63) is 57.5 Å². The molecule has 0 atom stereocenters. The second-order valence-corrected chi connectivity index (χ2v) is 5.07. The largest absolute Gasteiger partial charge is 0.493 e. The molecule has 0 unspecified atom stereocenters. The zero-order chi connectivity index (χ0) is 17.0. The van der Waals surface area contributed by atoms with Gasteiger partial charge in [0.15, 0.2) is 11.5 Å². The molecule has 0 saturated carbocycles. The fourth-order valence-corrected chi connectivity index (χ4v) is 2.14. The molecular formula is C17H18N2O4. The van der Waals surface area contributed by atoms with E-state index in [1.54, 1.807) is 24.4 Å². The minimum absolute atomic E-state index is 0.192. The molecule has 1 aromatic carbocycles. The van der Waals surface area contributed by atoms with Gasteiger partial charge >= 0.3 is 5.97 Å². The molecule has 23 heavy (non-hydrogen) atoms. The molecule has 6 heteroatoms. The number of carbonyl (C=O) groups excluding carboxylic acids is 1. The molecule has 0 radical (unpaired) electrons. The number of aromatic nitrogens is 1.